The van der Waals surface area contributed by atoms with Gasteiger partial charge in [0.15, 0.2) is 0 Å². The Morgan fingerprint density at radius 1 is 0.367 bits per heavy atom. The lowest BCUT2D eigenvalue weighted by atomic mass is 9.88. The topological polar surface area (TPSA) is 103 Å². The summed E-state index contributed by atoms with van der Waals surface area (Å²) in [5.74, 6) is 0. The first kappa shape index (κ1) is 17.6. The molecule has 0 atom stereocenters. The lowest BCUT2D eigenvalue weighted by molar-refractivity contribution is 1.15. The van der Waals surface area contributed by atoms with E-state index < -0.39 is 0 Å². The normalized spacial score (nSPS) is 10.7. The van der Waals surface area contributed by atoms with Gasteiger partial charge in [-0.3, -0.25) is 0 Å². The molecule has 0 bridgehead atoms. The van der Waals surface area contributed by atoms with Gasteiger partial charge in [-0.2, -0.15) is 0 Å². The molecular weight excluding hydrogens is 376 g/mol. The van der Waals surface area contributed by atoms with Crippen LogP contribution < -0.4 is 0 Å². The summed E-state index contributed by atoms with van der Waals surface area (Å²) in [6.07, 6.45) is 13.0. The summed E-state index contributed by atoms with van der Waals surface area (Å²) in [5, 5.41) is 0. The van der Waals surface area contributed by atoms with Crippen molar-refractivity contribution in [1.29, 1.82) is 0 Å². The van der Waals surface area contributed by atoms with Crippen LogP contribution in [0.25, 0.3) is 45.0 Å². The van der Waals surface area contributed by atoms with Crippen LogP contribution in [0.15, 0.2) is 86.5 Å². The van der Waals surface area contributed by atoms with Crippen molar-refractivity contribution >= 4 is 0 Å². The minimum atomic E-state index is 0.753. The van der Waals surface area contributed by atoms with Crippen LogP contribution in [0.2, 0.25) is 0 Å². The van der Waals surface area contributed by atoms with Crippen LogP contribution in [-0.2, 0) is 0 Å². The summed E-state index contributed by atoms with van der Waals surface area (Å²) in [6, 6.07) is 11.5. The summed E-state index contributed by atoms with van der Waals surface area (Å²) >= 11 is 0. The average molecular weight is 390 g/mol. The first-order valence-corrected chi connectivity index (χ1v) is 9.14. The summed E-state index contributed by atoms with van der Waals surface area (Å²) in [4.78, 5) is 34.2. The first-order chi connectivity index (χ1) is 14.9. The van der Waals surface area contributed by atoms with Gasteiger partial charge in [0.25, 0.3) is 0 Å². The molecule has 142 valence electrons. The number of aromatic nitrogens is 8. The predicted octanol–water partition coefficient (Wildman–Crippen LogP) is 3.51. The molecule has 0 saturated heterocycles. The maximum absolute atomic E-state index is 4.53. The molecule has 4 aromatic heterocycles. The van der Waals surface area contributed by atoms with Gasteiger partial charge in [-0.1, -0.05) is 12.1 Å². The fourth-order valence-corrected chi connectivity index (χ4v) is 3.34. The zero-order valence-electron chi connectivity index (χ0n) is 15.7. The zero-order chi connectivity index (χ0) is 20.2. The van der Waals surface area contributed by atoms with Gasteiger partial charge in [0.1, 0.15) is 25.3 Å². The molecule has 0 saturated carbocycles. The lowest BCUT2D eigenvalue weighted by Crippen LogP contribution is -1.99. The highest BCUT2D eigenvalue weighted by atomic mass is 14.8. The first-order valence-electron chi connectivity index (χ1n) is 9.14. The van der Waals surface area contributed by atoms with Gasteiger partial charge in [-0.15, -0.1) is 0 Å². The molecule has 0 spiro atoms. The third-order valence-electron chi connectivity index (χ3n) is 4.60. The standard InChI is InChI=1S/C22H14N8/c1-2-16(18-4-8-24-12-28-18)22(20-6-10-26-14-30-20)21(19-5-9-25-13-29-19)15(1)17-3-7-23-11-27-17/h1-14H. The summed E-state index contributed by atoms with van der Waals surface area (Å²) in [6.45, 7) is 0. The fraction of sp³-hybridized carbons (Fsp3) is 0. The Labute approximate surface area is 171 Å². The van der Waals surface area contributed by atoms with Crippen LogP contribution in [0.3, 0.4) is 0 Å². The van der Waals surface area contributed by atoms with Crippen molar-refractivity contribution in [3.63, 3.8) is 0 Å². The number of rotatable bonds is 4. The Bertz CT molecular complexity index is 1160. The molecule has 8 nitrogen and oxygen atoms in total. The van der Waals surface area contributed by atoms with Crippen LogP contribution in [0.4, 0.5) is 0 Å². The molecule has 1 aromatic carbocycles. The molecule has 0 N–H and O–H groups in total. The van der Waals surface area contributed by atoms with Crippen LogP contribution >= 0.6 is 0 Å². The molecule has 30 heavy (non-hydrogen) atoms. The largest absolute Gasteiger partial charge is 0.245 e. The molecule has 0 aliphatic rings. The molecule has 5 aromatic rings. The van der Waals surface area contributed by atoms with Gasteiger partial charge in [0.05, 0.1) is 22.8 Å². The van der Waals surface area contributed by atoms with Crippen molar-refractivity contribution < 1.29 is 0 Å². The molecule has 4 heterocycles. The molecule has 5 rings (SSSR count). The van der Waals surface area contributed by atoms with Crippen molar-refractivity contribution in [1.82, 2.24) is 39.9 Å². The molecule has 8 heteroatoms. The number of hydrogen-bond donors (Lipinski definition) is 0. The average Bonchev–Trinajstić information content (AvgIpc) is 2.85. The third-order valence-corrected chi connectivity index (χ3v) is 4.60. The fourth-order valence-electron chi connectivity index (χ4n) is 3.34. The smallest absolute Gasteiger partial charge is 0.116 e. The highest BCUT2D eigenvalue weighted by Crippen LogP contribution is 2.43. The van der Waals surface area contributed by atoms with Crippen LogP contribution in [0.5, 0.6) is 0 Å². The maximum Gasteiger partial charge on any atom is 0.116 e. The summed E-state index contributed by atoms with van der Waals surface area (Å²) < 4.78 is 0. The van der Waals surface area contributed by atoms with E-state index in [1.54, 1.807) is 24.8 Å². The van der Waals surface area contributed by atoms with Crippen molar-refractivity contribution in [2.45, 2.75) is 0 Å². The van der Waals surface area contributed by atoms with Crippen LogP contribution in [0, 0.1) is 0 Å². The number of hydrogen-bond acceptors (Lipinski definition) is 8. The van der Waals surface area contributed by atoms with Gasteiger partial charge in [0, 0.05) is 47.0 Å². The van der Waals surface area contributed by atoms with E-state index in [1.807, 2.05) is 36.4 Å². The number of nitrogens with zero attached hydrogens (tertiary/aromatic N) is 8. The van der Waals surface area contributed by atoms with E-state index in [9.17, 15) is 0 Å². The second-order valence-electron chi connectivity index (χ2n) is 6.29. The monoisotopic (exact) mass is 390 g/mol. The maximum atomic E-state index is 4.53. The van der Waals surface area contributed by atoms with E-state index in [4.69, 9.17) is 0 Å². The molecule has 0 amide bonds. The van der Waals surface area contributed by atoms with Gasteiger partial charge >= 0.3 is 0 Å². The van der Waals surface area contributed by atoms with Gasteiger partial charge in [-0.25, -0.2) is 39.9 Å². The zero-order valence-corrected chi connectivity index (χ0v) is 15.7. The van der Waals surface area contributed by atoms with Crippen molar-refractivity contribution in [2.24, 2.45) is 0 Å². The third kappa shape index (κ3) is 3.26. The van der Waals surface area contributed by atoms with Crippen LogP contribution in [0.1, 0.15) is 0 Å². The molecule has 0 radical (unpaired) electrons. The minimum Gasteiger partial charge on any atom is -0.245 e. The highest BCUT2D eigenvalue weighted by Gasteiger charge is 2.21. The van der Waals surface area contributed by atoms with Gasteiger partial charge < -0.3 is 0 Å². The quantitative estimate of drug-likeness (QED) is 0.459. The molecule has 0 aliphatic carbocycles. The molecule has 0 aliphatic heterocycles. The Morgan fingerprint density at radius 2 is 0.700 bits per heavy atom. The summed E-state index contributed by atoms with van der Waals surface area (Å²) in [5.41, 5.74) is 6.64. The highest BCUT2D eigenvalue weighted by molar-refractivity contribution is 5.98. The van der Waals surface area contributed by atoms with E-state index >= 15 is 0 Å². The lowest BCUT2D eigenvalue weighted by Gasteiger charge is -2.18. The number of benzene rings is 1. The molecular formula is C22H14N8. The SMILES string of the molecule is c1cc(-c2ccc(-c3ccncn3)c(-c3ccncn3)c2-c2ccncn2)ncn1. The second-order valence-corrected chi connectivity index (χ2v) is 6.29. The van der Waals surface area contributed by atoms with E-state index in [2.05, 4.69) is 39.9 Å². The Hall–Kier alpha value is -4.46. The predicted molar refractivity (Wildman–Crippen MR) is 111 cm³/mol. The van der Waals surface area contributed by atoms with E-state index in [0.717, 1.165) is 45.0 Å². The van der Waals surface area contributed by atoms with Gasteiger partial charge in [0.2, 0.25) is 0 Å². The molecule has 0 fully saturated rings. The van der Waals surface area contributed by atoms with Crippen molar-refractivity contribution in [2.75, 3.05) is 0 Å². The Kier molecular flexibility index (Phi) is 4.63. The van der Waals surface area contributed by atoms with Crippen molar-refractivity contribution in [3.05, 3.63) is 86.5 Å². The van der Waals surface area contributed by atoms with E-state index in [1.165, 1.54) is 25.3 Å². The second kappa shape index (κ2) is 7.88. The minimum absolute atomic E-state index is 0.753. The Morgan fingerprint density at radius 3 is 1.00 bits per heavy atom. The summed E-state index contributed by atoms with van der Waals surface area (Å²) in [7, 11) is 0. The van der Waals surface area contributed by atoms with E-state index in [0.29, 0.717) is 0 Å². The van der Waals surface area contributed by atoms with Crippen LogP contribution in [-0.4, -0.2) is 39.9 Å². The van der Waals surface area contributed by atoms with Gasteiger partial charge in [-0.05, 0) is 24.3 Å². The molecule has 0 unspecified atom stereocenters. The van der Waals surface area contributed by atoms with Crippen molar-refractivity contribution in [3.8, 4) is 45.0 Å². The Balaban J connectivity index is 1.91. The van der Waals surface area contributed by atoms with E-state index in [-0.39, 0.29) is 0 Å².